The number of H-pyrrole nitrogens is 1. The van der Waals surface area contributed by atoms with Crippen LogP contribution in [-0.4, -0.2) is 19.8 Å². The van der Waals surface area contributed by atoms with Gasteiger partial charge in [0, 0.05) is 0 Å². The zero-order valence-electron chi connectivity index (χ0n) is 13.2. The molecule has 0 unspecified atom stereocenters. The topological polar surface area (TPSA) is 87.5 Å². The molecule has 0 saturated carbocycles. The normalized spacial score (nSPS) is 27.9. The standard InChI is InChI=1S/C17H16N2O4S/c1-16-5-6-17(2,23-16)12-11(16)13(20)19(14(12)21)8-3-4-9-10(7-8)24-15(22)18-9/h3-4,7,20-21H,5-6H2,1-2H3,(H,18,22)/t16-,17+. The SMILES string of the molecule is C[C@]12CC[C@](C)(O1)c1c2c(O)n(-c2ccc3[nH]c(=O)sc3c2)c1O. The smallest absolute Gasteiger partial charge is 0.305 e. The van der Waals surface area contributed by atoms with Gasteiger partial charge in [-0.3, -0.25) is 9.36 Å². The van der Waals surface area contributed by atoms with Gasteiger partial charge < -0.3 is 19.9 Å². The van der Waals surface area contributed by atoms with Gasteiger partial charge in [-0.05, 0) is 44.9 Å². The number of fused-ring (bicyclic) bond motifs is 6. The van der Waals surface area contributed by atoms with Crippen molar-refractivity contribution in [1.82, 2.24) is 9.55 Å². The minimum absolute atomic E-state index is 0.00987. The zero-order chi connectivity index (χ0) is 16.9. The number of aromatic nitrogens is 2. The molecule has 4 heterocycles. The highest BCUT2D eigenvalue weighted by atomic mass is 32.1. The molecule has 3 N–H and O–H groups in total. The number of aromatic amines is 1. The van der Waals surface area contributed by atoms with Crippen LogP contribution in [0.1, 0.15) is 37.8 Å². The number of thiazole rings is 1. The summed E-state index contributed by atoms with van der Waals surface area (Å²) in [6, 6.07) is 5.34. The lowest BCUT2D eigenvalue weighted by molar-refractivity contribution is -0.0683. The van der Waals surface area contributed by atoms with Crippen molar-refractivity contribution in [3.8, 4) is 17.4 Å². The van der Waals surface area contributed by atoms with Gasteiger partial charge in [0.2, 0.25) is 11.8 Å². The molecule has 2 aromatic heterocycles. The van der Waals surface area contributed by atoms with E-state index in [9.17, 15) is 15.0 Å². The summed E-state index contributed by atoms with van der Waals surface area (Å²) in [6.45, 7) is 3.91. The van der Waals surface area contributed by atoms with Crippen molar-refractivity contribution in [3.63, 3.8) is 0 Å². The number of aromatic hydroxyl groups is 2. The summed E-state index contributed by atoms with van der Waals surface area (Å²) in [5, 5.41) is 21.6. The van der Waals surface area contributed by atoms with Crippen LogP contribution in [0.5, 0.6) is 11.8 Å². The van der Waals surface area contributed by atoms with Gasteiger partial charge in [0.15, 0.2) is 0 Å². The fourth-order valence-corrected chi connectivity index (χ4v) is 5.06. The molecule has 2 aliphatic heterocycles. The summed E-state index contributed by atoms with van der Waals surface area (Å²) in [7, 11) is 0. The number of hydrogen-bond donors (Lipinski definition) is 3. The average molecular weight is 344 g/mol. The third-order valence-corrected chi connectivity index (χ3v) is 6.22. The summed E-state index contributed by atoms with van der Waals surface area (Å²) in [6.07, 6.45) is 1.62. The predicted molar refractivity (Wildman–Crippen MR) is 90.1 cm³/mol. The van der Waals surface area contributed by atoms with Crippen molar-refractivity contribution >= 4 is 21.6 Å². The predicted octanol–water partition coefficient (Wildman–Crippen LogP) is 3.05. The van der Waals surface area contributed by atoms with Gasteiger partial charge in [-0.1, -0.05) is 11.3 Å². The van der Waals surface area contributed by atoms with Gasteiger partial charge in [-0.2, -0.15) is 0 Å². The van der Waals surface area contributed by atoms with E-state index in [4.69, 9.17) is 4.74 Å². The number of hydrogen-bond acceptors (Lipinski definition) is 5. The van der Waals surface area contributed by atoms with Crippen LogP contribution >= 0.6 is 11.3 Å². The van der Waals surface area contributed by atoms with Crippen LogP contribution in [-0.2, 0) is 15.9 Å². The number of benzene rings is 1. The van der Waals surface area contributed by atoms with Crippen LogP contribution in [0, 0.1) is 0 Å². The molecule has 1 fully saturated rings. The van der Waals surface area contributed by atoms with Gasteiger partial charge >= 0.3 is 4.87 Å². The number of ether oxygens (including phenoxy) is 1. The van der Waals surface area contributed by atoms with E-state index in [1.165, 1.54) is 4.57 Å². The first-order valence-corrected chi connectivity index (χ1v) is 8.65. The summed E-state index contributed by atoms with van der Waals surface area (Å²) in [5.74, 6) is 0.0197. The molecule has 0 aliphatic carbocycles. The summed E-state index contributed by atoms with van der Waals surface area (Å²) < 4.78 is 8.33. The fourth-order valence-electron chi connectivity index (χ4n) is 4.30. The highest BCUT2D eigenvalue weighted by Gasteiger charge is 2.59. The molecule has 1 aromatic carbocycles. The monoisotopic (exact) mass is 344 g/mol. The molecule has 24 heavy (non-hydrogen) atoms. The number of rotatable bonds is 1. The third kappa shape index (κ3) is 1.51. The average Bonchev–Trinajstić information content (AvgIpc) is 3.17. The molecule has 2 aliphatic rings. The van der Waals surface area contributed by atoms with Crippen molar-refractivity contribution < 1.29 is 14.9 Å². The van der Waals surface area contributed by atoms with Crippen LogP contribution in [0.3, 0.4) is 0 Å². The molecular formula is C17H16N2O4S. The van der Waals surface area contributed by atoms with Crippen molar-refractivity contribution in [2.24, 2.45) is 0 Å². The zero-order valence-corrected chi connectivity index (χ0v) is 14.0. The Kier molecular flexibility index (Phi) is 2.38. The molecule has 2 bridgehead atoms. The number of nitrogens with zero attached hydrogens (tertiary/aromatic N) is 1. The van der Waals surface area contributed by atoms with Gasteiger partial charge in [0.05, 0.1) is 38.2 Å². The second-order valence-electron chi connectivity index (χ2n) is 6.99. The molecule has 3 aromatic rings. The Labute approximate surface area is 140 Å². The van der Waals surface area contributed by atoms with E-state index >= 15 is 0 Å². The molecule has 124 valence electrons. The van der Waals surface area contributed by atoms with Crippen LogP contribution in [0.2, 0.25) is 0 Å². The molecule has 0 spiro atoms. The highest BCUT2D eigenvalue weighted by molar-refractivity contribution is 7.16. The van der Waals surface area contributed by atoms with E-state index in [-0.39, 0.29) is 16.6 Å². The lowest BCUT2D eigenvalue weighted by Crippen LogP contribution is -2.17. The lowest BCUT2D eigenvalue weighted by Gasteiger charge is -2.21. The second-order valence-corrected chi connectivity index (χ2v) is 8.01. The Morgan fingerprint density at radius 1 is 1.17 bits per heavy atom. The van der Waals surface area contributed by atoms with Crippen LogP contribution in [0.4, 0.5) is 0 Å². The largest absolute Gasteiger partial charge is 0.494 e. The minimum atomic E-state index is -0.570. The molecule has 1 saturated heterocycles. The first kappa shape index (κ1) is 14.1. The quantitative estimate of drug-likeness (QED) is 0.633. The molecule has 0 amide bonds. The van der Waals surface area contributed by atoms with E-state index < -0.39 is 11.2 Å². The molecule has 7 heteroatoms. The number of nitrogens with one attached hydrogen (secondary N) is 1. The first-order valence-electron chi connectivity index (χ1n) is 7.83. The molecule has 2 atom stereocenters. The van der Waals surface area contributed by atoms with Crippen LogP contribution in [0.25, 0.3) is 15.9 Å². The van der Waals surface area contributed by atoms with Gasteiger partial charge in [-0.25, -0.2) is 0 Å². The Hall–Kier alpha value is -2.25. The second kappa shape index (κ2) is 4.04. The molecule has 6 nitrogen and oxygen atoms in total. The van der Waals surface area contributed by atoms with E-state index in [2.05, 4.69) is 4.98 Å². The van der Waals surface area contributed by atoms with E-state index in [0.29, 0.717) is 16.8 Å². The fraction of sp³-hybridized carbons (Fsp3) is 0.353. The highest BCUT2D eigenvalue weighted by Crippen LogP contribution is 2.64. The molecule has 0 radical (unpaired) electrons. The Morgan fingerprint density at radius 2 is 1.79 bits per heavy atom. The van der Waals surface area contributed by atoms with Crippen LogP contribution < -0.4 is 4.87 Å². The Bertz CT molecular complexity index is 1040. The van der Waals surface area contributed by atoms with E-state index in [1.54, 1.807) is 18.2 Å². The van der Waals surface area contributed by atoms with Crippen molar-refractivity contribution in [2.45, 2.75) is 37.9 Å². The molecular weight excluding hydrogens is 328 g/mol. The summed E-state index contributed by atoms with van der Waals surface area (Å²) in [5.41, 5.74) is 1.58. The maximum atomic E-state index is 11.5. The lowest BCUT2D eigenvalue weighted by atomic mass is 9.80. The van der Waals surface area contributed by atoms with Gasteiger partial charge in [-0.15, -0.1) is 0 Å². The maximum Gasteiger partial charge on any atom is 0.305 e. The first-order chi connectivity index (χ1) is 11.3. The van der Waals surface area contributed by atoms with Crippen molar-refractivity contribution in [2.75, 3.05) is 0 Å². The molecule has 5 rings (SSSR count). The van der Waals surface area contributed by atoms with Crippen molar-refractivity contribution in [3.05, 3.63) is 39.0 Å². The summed E-state index contributed by atoms with van der Waals surface area (Å²) >= 11 is 1.10. The third-order valence-electron chi connectivity index (χ3n) is 5.37. The maximum absolute atomic E-state index is 11.5. The van der Waals surface area contributed by atoms with E-state index in [0.717, 1.165) is 34.4 Å². The minimum Gasteiger partial charge on any atom is -0.494 e. The van der Waals surface area contributed by atoms with Crippen LogP contribution in [0.15, 0.2) is 23.0 Å². The van der Waals surface area contributed by atoms with Gasteiger partial charge in [0.25, 0.3) is 0 Å². The van der Waals surface area contributed by atoms with Gasteiger partial charge in [0.1, 0.15) is 0 Å². The van der Waals surface area contributed by atoms with E-state index in [1.807, 2.05) is 13.8 Å². The Balaban J connectivity index is 1.80. The summed E-state index contributed by atoms with van der Waals surface area (Å²) in [4.78, 5) is 14.1. The Morgan fingerprint density at radius 3 is 2.42 bits per heavy atom. The van der Waals surface area contributed by atoms with Crippen molar-refractivity contribution in [1.29, 1.82) is 0 Å².